The number of aliphatic hydroxyl groups is 1. The number of anilines is 12. The molecular weight excluding hydrogens is 1920 g/mol. The van der Waals surface area contributed by atoms with E-state index in [0.717, 1.165) is 39.5 Å². The Morgan fingerprint density at radius 1 is 0.315 bits per heavy atom. The van der Waals surface area contributed by atoms with Crippen molar-refractivity contribution in [3.8, 4) is 44.6 Å². The Kier molecular flexibility index (Phi) is 18.3. The van der Waals surface area contributed by atoms with Gasteiger partial charge >= 0.3 is 0 Å². The minimum Gasteiger partial charge on any atom is -0.512 e. The van der Waals surface area contributed by atoms with Crippen LogP contribution in [0.4, 0.5) is 68.2 Å². The number of nitrogens with zero attached hydrogens (tertiary/aromatic N) is 5. The maximum atomic E-state index is 10.0. The van der Waals surface area contributed by atoms with Crippen molar-refractivity contribution in [2.75, 3.05) is 19.6 Å². The second-order valence-corrected chi connectivity index (χ2v) is 35.9. The summed E-state index contributed by atoms with van der Waals surface area (Å²) in [7, 11) is 0. The van der Waals surface area contributed by atoms with Crippen LogP contribution in [0.3, 0.4) is 0 Å². The van der Waals surface area contributed by atoms with E-state index in [1.807, 2.05) is 246 Å². The predicted octanol–water partition coefficient (Wildman–Crippen LogP) is 37.3. The van der Waals surface area contributed by atoms with E-state index in [0.29, 0.717) is 87.1 Å². The number of allylic oxidation sites excluding steroid dienone is 2. The molecule has 0 fully saturated rings. The third-order valence-corrected chi connectivity index (χ3v) is 26.0. The van der Waals surface area contributed by atoms with Crippen LogP contribution in [0.15, 0.2) is 442 Å². The molecule has 0 bridgehead atoms. The third-order valence-electron chi connectivity index (χ3n) is 26.0. The van der Waals surface area contributed by atoms with Gasteiger partial charge in [-0.2, -0.15) is 0 Å². The molecule has 0 spiro atoms. The van der Waals surface area contributed by atoms with Gasteiger partial charge in [0.25, 0.3) is 0 Å². The Labute approximate surface area is 892 Å². The first kappa shape index (κ1) is 66.3. The van der Waals surface area contributed by atoms with Gasteiger partial charge in [-0.25, -0.2) is 0 Å². The zero-order chi connectivity index (χ0) is 122. The minimum absolute atomic E-state index is 0. The fourth-order valence-corrected chi connectivity index (χ4v) is 19.9. The third kappa shape index (κ3) is 17.8. The number of para-hydroxylation sites is 4. The van der Waals surface area contributed by atoms with Gasteiger partial charge in [-0.1, -0.05) is 347 Å². The number of fused-ring (bicyclic) bond motifs is 15. The standard InChI is InChI=1S/2C56H44N2.C18H16N.C5H8O2.Ir/c1-55(2)47-33-46-48(34-45(47)53-43-31-19-17-29-41(43)51(35-49(53)55)57(37-21-9-5-10-22-37)38-23-11-6-12-24-38)56(3,4)50-36-52(42-30-18-20-32-44(42)54(46)50)58(39-25-13-7-14-26-39)40-27-15-8-16-28-40;1-37-21-29-41(30-22-37)57(42-31-23-38(2)24-32-42)55-49-17-9-5-13-45(49)53(46-14-6-10-18-50(46)55)54-47-15-7-11-19-51(47)56(52-20-12-8-16-48(52)54)58(43-33-25-39(3)26-34-43)44-35-27-40(4)28-36-44;1-12-5-4-6-15(10-12)17-8-7-16-11-13(2)9-14(3)18(16)19-17;1-4(6)3-5(2)7;/h2*5-36H,1-4H3;4-5,7-11H,1-3H3;3,6H,1-2H3;/q;;-1;;/i1D3,2D3,3D3,4D3;21D,22D,23D,24D,25D,26D,27D,28D,29D,30D,31D,32D,33D,34D,35D,36D;;;. The number of carbonyl (C=O) groups excluding carboxylic acids is 1. The number of hydrogen-bond acceptors (Lipinski definition) is 7. The van der Waals surface area contributed by atoms with Crippen LogP contribution in [0.25, 0.3) is 120 Å². The van der Waals surface area contributed by atoms with Crippen molar-refractivity contribution >= 4 is 150 Å². The van der Waals surface area contributed by atoms with E-state index in [4.69, 9.17) is 21.1 Å². The molecule has 2 aliphatic carbocycles. The zero-order valence-electron chi connectivity index (χ0n) is 108. The molecular formula is C135H112IrN5O2-. The number of ketones is 1. The fourth-order valence-electron chi connectivity index (χ4n) is 19.9. The molecule has 22 aromatic rings. The van der Waals surface area contributed by atoms with E-state index >= 15 is 0 Å². The summed E-state index contributed by atoms with van der Waals surface area (Å²) in [6.45, 7) is 2.14. The van der Waals surface area contributed by atoms with E-state index in [-0.39, 0.29) is 181 Å². The van der Waals surface area contributed by atoms with Crippen LogP contribution in [0, 0.1) is 54.5 Å². The zero-order valence-corrected chi connectivity index (χ0v) is 82.2. The van der Waals surface area contributed by atoms with E-state index in [2.05, 4.69) is 63.2 Å². The van der Waals surface area contributed by atoms with Gasteiger partial charge in [0.05, 0.1) is 56.0 Å². The second kappa shape index (κ2) is 39.4. The number of aryl methyl sites for hydroxylation is 3. The Morgan fingerprint density at radius 3 is 0.923 bits per heavy atom. The molecule has 0 amide bonds. The number of aromatic nitrogens is 1. The van der Waals surface area contributed by atoms with Crippen molar-refractivity contribution in [1.29, 1.82) is 0 Å². The van der Waals surface area contributed by atoms with Gasteiger partial charge in [0.1, 0.15) is 0 Å². The first-order chi connectivity index (χ1) is 80.7. The number of rotatable bonds is 15. The van der Waals surface area contributed by atoms with Crippen molar-refractivity contribution in [1.82, 2.24) is 4.98 Å². The summed E-state index contributed by atoms with van der Waals surface area (Å²) >= 11 is 0. The molecule has 1 N–H and O–H groups in total. The number of aliphatic hydroxyl groups excluding tert-OH is 1. The second-order valence-electron chi connectivity index (χ2n) is 35.9. The van der Waals surface area contributed by atoms with Crippen LogP contribution in [0.2, 0.25) is 0 Å². The van der Waals surface area contributed by atoms with Crippen LogP contribution >= 0.6 is 0 Å². The molecule has 2 aliphatic rings. The van der Waals surface area contributed by atoms with Crippen molar-refractivity contribution < 1.29 is 68.4 Å². The summed E-state index contributed by atoms with van der Waals surface area (Å²) in [4.78, 5) is 21.4. The molecule has 0 saturated heterocycles. The molecule has 0 saturated carbocycles. The van der Waals surface area contributed by atoms with Crippen molar-refractivity contribution in [2.24, 2.45) is 0 Å². The normalized spacial score (nSPS) is 15.5. The van der Waals surface area contributed by atoms with Crippen LogP contribution < -0.4 is 19.6 Å². The van der Waals surface area contributed by atoms with Crippen molar-refractivity contribution in [3.63, 3.8) is 0 Å². The van der Waals surface area contributed by atoms with E-state index in [1.165, 1.54) is 91.6 Å². The van der Waals surface area contributed by atoms with Crippen LogP contribution in [-0.4, -0.2) is 15.9 Å². The minimum atomic E-state index is -3.24. The van der Waals surface area contributed by atoms with Crippen LogP contribution in [0.1, 0.15) is 141 Å². The summed E-state index contributed by atoms with van der Waals surface area (Å²) in [5.74, 6) is -0.0625. The molecule has 1 heterocycles. The molecule has 24 rings (SSSR count). The molecule has 0 unspecified atom stereocenters. The molecule has 1 aromatic heterocycles. The SMILES string of the molecule is CC(=O)C=C(C)O.Cc1cc[c-]c(-c2ccc3cc(C)cc(C)c3n2)c1.[2H]C([2H])([2H])C1(C([2H])([2H])[2H])c2cc3c(cc2-c2c1cc(N(c1ccccc1)c1ccccc1)c1ccccc21)C(C([2H])([2H])[2H])(C([2H])([2H])[2H])c1cc(N(c2ccccc2)c2ccccc2)c2ccccc2c1-3.[2H]c1c([2H])c(N(c2c([2H])c([2H])c(C)c([2H])c2[2H])c2c3ccccc3c(-c3c4ccccc4c(N(c4c([2H])c([2H])c(C)c([2H])c4[2H])c4c([2H])c([2H])c(C)c([2H])c4[2H])c4ccccc34)c3ccccc23)c([2H])c([2H])c1C.[Ir]. The molecule has 143 heavy (non-hydrogen) atoms. The number of pyridine rings is 1. The summed E-state index contributed by atoms with van der Waals surface area (Å²) in [6, 6.07) is 99.9. The summed E-state index contributed by atoms with van der Waals surface area (Å²) in [5.41, 5.74) is 7.32. The van der Waals surface area contributed by atoms with Gasteiger partial charge in [-0.3, -0.25) is 9.78 Å². The summed E-state index contributed by atoms with van der Waals surface area (Å²) < 4.78 is 261. The average molecular weight is 2060 g/mol. The first-order valence-electron chi connectivity index (χ1n) is 60.9. The monoisotopic (exact) mass is 2060 g/mol. The smallest absolute Gasteiger partial charge is 0.155 e. The topological polar surface area (TPSA) is 63.2 Å². The maximum Gasteiger partial charge on any atom is 0.155 e. The fraction of sp³-hybridized carbons (Fsp3) is 0.111. The molecule has 699 valence electrons. The summed E-state index contributed by atoms with van der Waals surface area (Å²) in [5, 5.41) is 16.2. The molecule has 1 radical (unpaired) electrons. The Balaban J connectivity index is 0.000000165. The maximum absolute atomic E-state index is 10.0. The van der Waals surface area contributed by atoms with Gasteiger partial charge in [0.2, 0.25) is 0 Å². The molecule has 0 atom stereocenters. The predicted molar refractivity (Wildman–Crippen MR) is 603 cm³/mol. The Hall–Kier alpha value is -16.4. The molecule has 0 aliphatic heterocycles. The van der Waals surface area contributed by atoms with E-state index in [1.54, 1.807) is 48.5 Å². The Bertz CT molecular complexity index is 9290. The largest absolute Gasteiger partial charge is 0.512 e. The van der Waals surface area contributed by atoms with Gasteiger partial charge < -0.3 is 24.7 Å². The molecule has 8 heteroatoms. The van der Waals surface area contributed by atoms with Crippen molar-refractivity contribution in [3.05, 3.63) is 509 Å². The quantitative estimate of drug-likeness (QED) is 0.0475. The number of carbonyl (C=O) groups is 1. The Morgan fingerprint density at radius 2 is 0.622 bits per heavy atom. The summed E-state index contributed by atoms with van der Waals surface area (Å²) in [6.07, 6.45) is 1.17. The number of hydrogen-bond donors (Lipinski definition) is 1. The van der Waals surface area contributed by atoms with Crippen molar-refractivity contribution in [2.45, 2.75) is 101 Å². The van der Waals surface area contributed by atoms with Gasteiger partial charge in [0.15, 0.2) is 5.78 Å². The van der Waals surface area contributed by atoms with Crippen LogP contribution in [0.5, 0.6) is 0 Å². The van der Waals surface area contributed by atoms with E-state index in [9.17, 15) is 32.2 Å². The molecule has 21 aromatic carbocycles. The van der Waals surface area contributed by atoms with Crippen LogP contribution in [-0.2, 0) is 35.7 Å². The van der Waals surface area contributed by atoms with E-state index < -0.39 is 86.6 Å². The average Bonchev–Trinajstić information content (AvgIpc) is 1.48. The molecule has 7 nitrogen and oxygen atoms in total. The van der Waals surface area contributed by atoms with Gasteiger partial charge in [-0.05, 0) is 287 Å². The first-order valence-corrected chi connectivity index (χ1v) is 46.9. The van der Waals surface area contributed by atoms with Gasteiger partial charge in [-0.15, -0.1) is 35.4 Å². The number of benzene rings is 21. The van der Waals surface area contributed by atoms with Gasteiger partial charge in [0, 0.05) is 131 Å².